The highest BCUT2D eigenvalue weighted by atomic mass is 16.5. The van der Waals surface area contributed by atoms with Gasteiger partial charge in [0.05, 0.1) is 6.61 Å². The monoisotopic (exact) mass is 299 g/mol. The minimum Gasteiger partial charge on any atom is -0.493 e. The summed E-state index contributed by atoms with van der Waals surface area (Å²) in [6.45, 7) is 6.44. The van der Waals surface area contributed by atoms with Crippen LogP contribution in [0.3, 0.4) is 0 Å². The summed E-state index contributed by atoms with van der Waals surface area (Å²) in [5.74, 6) is 2.52. The average molecular weight is 299 g/mol. The molecule has 0 amide bonds. The van der Waals surface area contributed by atoms with Gasteiger partial charge in [-0.15, -0.1) is 0 Å². The van der Waals surface area contributed by atoms with Crippen molar-refractivity contribution in [1.82, 2.24) is 5.32 Å². The molecule has 0 aromatic heterocycles. The van der Waals surface area contributed by atoms with Gasteiger partial charge in [-0.3, -0.25) is 0 Å². The van der Waals surface area contributed by atoms with Gasteiger partial charge in [0.1, 0.15) is 5.75 Å². The smallest absolute Gasteiger partial charge is 0.119 e. The first-order chi connectivity index (χ1) is 10.7. The van der Waals surface area contributed by atoms with Crippen LogP contribution < -0.4 is 10.1 Å². The van der Waals surface area contributed by atoms with Crippen LogP contribution in [0.2, 0.25) is 0 Å². The van der Waals surface area contributed by atoms with Crippen molar-refractivity contribution in [2.75, 3.05) is 13.2 Å². The SMILES string of the molecule is CC(C)COc1ccc2c(c1)[C@@]13CCCC[C@H]1[C@@H](C2)NCC3. The molecule has 1 saturated heterocycles. The maximum Gasteiger partial charge on any atom is 0.119 e. The number of ether oxygens (including phenoxy) is 1. The molecule has 1 heterocycles. The maximum atomic E-state index is 6.03. The quantitative estimate of drug-likeness (QED) is 0.908. The van der Waals surface area contributed by atoms with E-state index >= 15 is 0 Å². The fourth-order valence-electron chi connectivity index (χ4n) is 5.26. The second-order valence-corrected chi connectivity index (χ2v) is 8.05. The van der Waals surface area contributed by atoms with Gasteiger partial charge in [0, 0.05) is 11.5 Å². The van der Waals surface area contributed by atoms with Gasteiger partial charge < -0.3 is 10.1 Å². The van der Waals surface area contributed by atoms with Gasteiger partial charge >= 0.3 is 0 Å². The lowest BCUT2D eigenvalue weighted by atomic mass is 9.53. The topological polar surface area (TPSA) is 21.3 Å². The van der Waals surface area contributed by atoms with Crippen LogP contribution in [0.5, 0.6) is 5.75 Å². The molecule has 1 aliphatic heterocycles. The van der Waals surface area contributed by atoms with Crippen molar-refractivity contribution in [3.63, 3.8) is 0 Å². The van der Waals surface area contributed by atoms with Crippen LogP contribution in [0.4, 0.5) is 0 Å². The minimum atomic E-state index is 0.443. The van der Waals surface area contributed by atoms with Crippen molar-refractivity contribution in [2.24, 2.45) is 11.8 Å². The number of fused-ring (bicyclic) bond motifs is 1. The van der Waals surface area contributed by atoms with Crippen molar-refractivity contribution in [3.8, 4) is 5.75 Å². The van der Waals surface area contributed by atoms with E-state index < -0.39 is 0 Å². The molecule has 1 N–H and O–H groups in total. The van der Waals surface area contributed by atoms with E-state index in [9.17, 15) is 0 Å². The van der Waals surface area contributed by atoms with Crippen LogP contribution in [0.1, 0.15) is 57.1 Å². The highest BCUT2D eigenvalue weighted by Crippen LogP contribution is 2.54. The zero-order chi connectivity index (χ0) is 15.2. The van der Waals surface area contributed by atoms with Gasteiger partial charge in [-0.05, 0) is 67.3 Å². The minimum absolute atomic E-state index is 0.443. The Kier molecular flexibility index (Phi) is 3.68. The van der Waals surface area contributed by atoms with Gasteiger partial charge in [0.2, 0.25) is 0 Å². The summed E-state index contributed by atoms with van der Waals surface area (Å²) in [6, 6.07) is 7.65. The fourth-order valence-corrected chi connectivity index (χ4v) is 5.26. The summed E-state index contributed by atoms with van der Waals surface area (Å²) in [5.41, 5.74) is 3.65. The second-order valence-electron chi connectivity index (χ2n) is 8.05. The molecule has 3 atom stereocenters. The lowest BCUT2D eigenvalue weighted by Crippen LogP contribution is -2.59. The molecule has 2 bridgehead atoms. The molecule has 0 unspecified atom stereocenters. The summed E-state index contributed by atoms with van der Waals surface area (Å²) in [5, 5.41) is 3.81. The lowest BCUT2D eigenvalue weighted by molar-refractivity contribution is 0.0794. The number of hydrogen-bond donors (Lipinski definition) is 1. The fraction of sp³-hybridized carbons (Fsp3) is 0.700. The van der Waals surface area contributed by atoms with Gasteiger partial charge in [-0.25, -0.2) is 0 Å². The Hall–Kier alpha value is -1.02. The third-order valence-electron chi connectivity index (χ3n) is 6.20. The zero-order valence-corrected chi connectivity index (χ0v) is 14.0. The summed E-state index contributed by atoms with van der Waals surface area (Å²) in [4.78, 5) is 0. The maximum absolute atomic E-state index is 6.03. The number of nitrogens with one attached hydrogen (secondary N) is 1. The van der Waals surface area contributed by atoms with Crippen molar-refractivity contribution < 1.29 is 4.74 Å². The summed E-state index contributed by atoms with van der Waals surface area (Å²) < 4.78 is 6.03. The van der Waals surface area contributed by atoms with E-state index in [1.807, 2.05) is 0 Å². The Morgan fingerprint density at radius 2 is 2.18 bits per heavy atom. The number of hydrogen-bond acceptors (Lipinski definition) is 2. The van der Waals surface area contributed by atoms with E-state index in [0.29, 0.717) is 17.4 Å². The molecule has 2 fully saturated rings. The lowest BCUT2D eigenvalue weighted by Gasteiger charge is -2.56. The van der Waals surface area contributed by atoms with Crippen LogP contribution >= 0.6 is 0 Å². The van der Waals surface area contributed by atoms with E-state index in [-0.39, 0.29) is 0 Å². The molecule has 2 aliphatic carbocycles. The summed E-state index contributed by atoms with van der Waals surface area (Å²) >= 11 is 0. The van der Waals surface area contributed by atoms with Crippen LogP contribution in [0.25, 0.3) is 0 Å². The standard InChI is InChI=1S/C20H29NO/c1-14(2)13-22-16-7-6-15-11-19-17-5-3-4-8-20(17,9-10-21-19)18(15)12-16/h6-7,12,14,17,19,21H,3-5,8-11,13H2,1-2H3/t17-,19+,20+/m0/s1. The second kappa shape index (κ2) is 5.56. The molecule has 1 aromatic carbocycles. The molecule has 1 aromatic rings. The molecule has 0 spiro atoms. The zero-order valence-electron chi connectivity index (χ0n) is 14.0. The van der Waals surface area contributed by atoms with E-state index in [0.717, 1.165) is 18.3 Å². The third kappa shape index (κ3) is 2.27. The predicted octanol–water partition coefficient (Wildman–Crippen LogP) is 4.07. The van der Waals surface area contributed by atoms with Crippen LogP contribution in [0.15, 0.2) is 18.2 Å². The predicted molar refractivity (Wildman–Crippen MR) is 90.5 cm³/mol. The van der Waals surface area contributed by atoms with E-state index in [4.69, 9.17) is 4.74 Å². The van der Waals surface area contributed by atoms with Crippen LogP contribution in [-0.2, 0) is 11.8 Å². The van der Waals surface area contributed by atoms with Crippen molar-refractivity contribution in [3.05, 3.63) is 29.3 Å². The first-order valence-corrected chi connectivity index (χ1v) is 9.19. The number of rotatable bonds is 3. The van der Waals surface area contributed by atoms with Crippen molar-refractivity contribution >= 4 is 0 Å². The molecular formula is C20H29NO. The van der Waals surface area contributed by atoms with Gasteiger partial charge in [0.25, 0.3) is 0 Å². The Morgan fingerprint density at radius 3 is 3.05 bits per heavy atom. The van der Waals surface area contributed by atoms with E-state index in [1.165, 1.54) is 45.1 Å². The molecule has 4 rings (SSSR count). The Bertz CT molecular complexity index is 549. The molecule has 3 aliphatic rings. The largest absolute Gasteiger partial charge is 0.493 e. The van der Waals surface area contributed by atoms with E-state index in [1.54, 1.807) is 11.1 Å². The average Bonchev–Trinajstić information content (AvgIpc) is 2.53. The van der Waals surface area contributed by atoms with Crippen LogP contribution in [-0.4, -0.2) is 19.2 Å². The summed E-state index contributed by atoms with van der Waals surface area (Å²) in [7, 11) is 0. The van der Waals surface area contributed by atoms with Gasteiger partial charge in [-0.2, -0.15) is 0 Å². The highest BCUT2D eigenvalue weighted by Gasteiger charge is 2.51. The number of piperidine rings is 1. The molecule has 120 valence electrons. The molecular weight excluding hydrogens is 270 g/mol. The first kappa shape index (κ1) is 14.6. The molecule has 22 heavy (non-hydrogen) atoms. The Morgan fingerprint density at radius 1 is 1.27 bits per heavy atom. The highest BCUT2D eigenvalue weighted by molar-refractivity contribution is 5.45. The molecule has 1 saturated carbocycles. The Labute approximate surface area is 134 Å². The molecule has 2 nitrogen and oxygen atoms in total. The normalized spacial score (nSPS) is 33.2. The van der Waals surface area contributed by atoms with Gasteiger partial charge in [-0.1, -0.05) is 32.8 Å². The Balaban J connectivity index is 1.72. The van der Waals surface area contributed by atoms with Gasteiger partial charge in [0.15, 0.2) is 0 Å². The third-order valence-corrected chi connectivity index (χ3v) is 6.20. The van der Waals surface area contributed by atoms with Crippen LogP contribution in [0, 0.1) is 11.8 Å². The molecule has 0 radical (unpaired) electrons. The van der Waals surface area contributed by atoms with Crippen molar-refractivity contribution in [1.29, 1.82) is 0 Å². The van der Waals surface area contributed by atoms with Crippen molar-refractivity contribution in [2.45, 2.75) is 63.8 Å². The molecule has 2 heteroatoms. The summed E-state index contributed by atoms with van der Waals surface area (Å²) in [6.07, 6.45) is 8.15. The van der Waals surface area contributed by atoms with E-state index in [2.05, 4.69) is 37.4 Å². The number of benzene rings is 1. The first-order valence-electron chi connectivity index (χ1n) is 9.19.